The third kappa shape index (κ3) is 19.5. The molecule has 0 radical (unpaired) electrons. The molecular formula is C53H85NO14. The molecule has 0 spiro atoms. The molecule has 2 bridgehead atoms. The van der Waals surface area contributed by atoms with Crippen molar-refractivity contribution in [2.24, 2.45) is 35.5 Å². The molecule has 0 aromatic rings. The molecule has 0 fully saturated rings. The molecule has 0 aromatic heterocycles. The van der Waals surface area contributed by atoms with Gasteiger partial charge in [0.25, 0.3) is 0 Å². The van der Waals surface area contributed by atoms with Gasteiger partial charge >= 0.3 is 11.9 Å². The first-order valence-corrected chi connectivity index (χ1v) is 24.0. The van der Waals surface area contributed by atoms with Crippen LogP contribution >= 0.6 is 0 Å². The van der Waals surface area contributed by atoms with Crippen LogP contribution < -0.4 is 0 Å². The Kier molecular flexibility index (Phi) is 27.9. The summed E-state index contributed by atoms with van der Waals surface area (Å²) in [6.07, 6.45) is 14.6. The lowest BCUT2D eigenvalue weighted by Crippen LogP contribution is -2.46. The van der Waals surface area contributed by atoms with E-state index in [9.17, 15) is 29.4 Å². The number of amides is 1. The second-order valence-electron chi connectivity index (χ2n) is 18.8. The molecule has 15 nitrogen and oxygen atoms in total. The number of methoxy groups -OCH3 is 6. The Morgan fingerprint density at radius 3 is 2.09 bits per heavy atom. The number of esters is 2. The van der Waals surface area contributed by atoms with Crippen molar-refractivity contribution in [2.75, 3.05) is 49.7 Å². The highest BCUT2D eigenvalue weighted by Crippen LogP contribution is 2.33. The summed E-state index contributed by atoms with van der Waals surface area (Å²) >= 11 is 0. The average Bonchev–Trinajstić information content (AvgIpc) is 3.32. The van der Waals surface area contributed by atoms with Crippen LogP contribution in [0.3, 0.4) is 0 Å². The summed E-state index contributed by atoms with van der Waals surface area (Å²) in [5, 5.41) is 23.0. The van der Waals surface area contributed by atoms with Gasteiger partial charge in [-0.3, -0.25) is 9.59 Å². The highest BCUT2D eigenvalue weighted by molar-refractivity contribution is 5.84. The zero-order valence-corrected chi connectivity index (χ0v) is 43.3. The third-order valence-corrected chi connectivity index (χ3v) is 13.8. The van der Waals surface area contributed by atoms with E-state index in [1.54, 1.807) is 68.1 Å². The number of rotatable bonds is 18. The van der Waals surface area contributed by atoms with Gasteiger partial charge in [0.15, 0.2) is 0 Å². The van der Waals surface area contributed by atoms with Gasteiger partial charge in [-0.1, -0.05) is 89.6 Å². The molecule has 386 valence electrons. The van der Waals surface area contributed by atoms with Crippen LogP contribution in [0.1, 0.15) is 93.4 Å². The second kappa shape index (κ2) is 31.4. The fraction of sp³-hybridized carbons (Fsp3) is 0.698. The molecule has 2 unspecified atom stereocenters. The summed E-state index contributed by atoms with van der Waals surface area (Å²) in [5.74, 6) is -2.91. The number of nitrogens with zero attached hydrogens (tertiary/aromatic N) is 1. The highest BCUT2D eigenvalue weighted by atomic mass is 16.6. The van der Waals surface area contributed by atoms with Crippen molar-refractivity contribution in [3.05, 3.63) is 72.0 Å². The van der Waals surface area contributed by atoms with Crippen LogP contribution in [-0.2, 0) is 57.1 Å². The minimum atomic E-state index is -1.10. The average molecular weight is 960 g/mol. The molecule has 16 atom stereocenters. The lowest BCUT2D eigenvalue weighted by Gasteiger charge is -2.37. The van der Waals surface area contributed by atoms with E-state index in [4.69, 9.17) is 37.9 Å². The Morgan fingerprint density at radius 2 is 1.50 bits per heavy atom. The van der Waals surface area contributed by atoms with Crippen LogP contribution in [0.25, 0.3) is 0 Å². The van der Waals surface area contributed by atoms with Crippen molar-refractivity contribution in [1.82, 2.24) is 4.90 Å². The Labute approximate surface area is 406 Å². The van der Waals surface area contributed by atoms with E-state index >= 15 is 0 Å². The van der Waals surface area contributed by atoms with E-state index in [1.165, 1.54) is 17.1 Å². The van der Waals surface area contributed by atoms with Gasteiger partial charge in [-0.05, 0) is 44.1 Å². The number of aliphatic hydroxyl groups is 2. The highest BCUT2D eigenvalue weighted by Gasteiger charge is 2.40. The second-order valence-corrected chi connectivity index (χ2v) is 18.8. The molecule has 68 heavy (non-hydrogen) atoms. The fourth-order valence-electron chi connectivity index (χ4n) is 9.13. The molecule has 0 aromatic carbocycles. The van der Waals surface area contributed by atoms with Gasteiger partial charge in [-0.2, -0.15) is 0 Å². The standard InChI is InChI=1S/C53H85NO14/c1-33-17-15-19-48(58)67-52(39(7)51(66-14)35(3)22-25-44(56)37(5)46(64-12)18-16-26-54(8)32-55)36(4)21-24-41(61-9)30-45(57)34(2)20-23-42(62-10)31-47(65-13)38(6)53-50(60)40(29-49(59)68-53)28-43(27-33)63-11/h15-17,19-21,23-24,26,29,32,34-39,41-43,45-47,50-53,57,60H,18,22,25,27-28,30-31H2,1-14H3/b19-15-,23-20?,24-21?,26-16+,33-17+/t34-,35-,36-,37-,38+,39-,41?,42-,43-,45-,46+,47?,50-,51-,52-,53-/m0/s1. The SMILES string of the molecule is COC1C=C[C@H](C)[C@@H]([C@@H](C)[C@@H](OC)[C@@H](C)CCC(=O)[C@H](C)[C@@H](C/C=C/N(C)C=O)OC)OC(=O)/C=C\C=C(/C)C[C@H](OC)CC2=CC(=O)O[C@@H]([C@H](C)C(OC)C[C@@H](OC)C=C[C@H](C)[C@@H](O)C1)[C@H]2O. The summed E-state index contributed by atoms with van der Waals surface area (Å²) < 4.78 is 47.1. The maximum atomic E-state index is 13.7. The van der Waals surface area contributed by atoms with Gasteiger partial charge in [0.1, 0.15) is 24.1 Å². The summed E-state index contributed by atoms with van der Waals surface area (Å²) in [4.78, 5) is 52.4. The quantitative estimate of drug-likeness (QED) is 0.0821. The van der Waals surface area contributed by atoms with E-state index in [-0.39, 0.29) is 54.3 Å². The number of cyclic esters (lactones) is 1. The number of fused-ring (bicyclic) bond motifs is 2. The zero-order chi connectivity index (χ0) is 51.1. The molecule has 2 rings (SSSR count). The van der Waals surface area contributed by atoms with Crippen molar-refractivity contribution >= 4 is 24.1 Å². The summed E-state index contributed by atoms with van der Waals surface area (Å²) in [5.41, 5.74) is 1.38. The Hall–Kier alpha value is -3.80. The molecule has 15 heteroatoms. The first-order valence-electron chi connectivity index (χ1n) is 24.0. The number of carbonyl (C=O) groups excluding carboxylic acids is 4. The molecular weight excluding hydrogens is 875 g/mol. The maximum absolute atomic E-state index is 13.7. The molecule has 1 amide bonds. The van der Waals surface area contributed by atoms with Crippen molar-refractivity contribution in [2.45, 2.75) is 154 Å². The van der Waals surface area contributed by atoms with E-state index < -0.39 is 72.8 Å². The van der Waals surface area contributed by atoms with E-state index in [2.05, 4.69) is 0 Å². The van der Waals surface area contributed by atoms with Crippen molar-refractivity contribution in [1.29, 1.82) is 0 Å². The van der Waals surface area contributed by atoms with Crippen LogP contribution in [0.5, 0.6) is 0 Å². The van der Waals surface area contributed by atoms with E-state index in [0.717, 1.165) is 5.57 Å². The molecule has 2 aliphatic heterocycles. The Balaban J connectivity index is 2.49. The van der Waals surface area contributed by atoms with Gasteiger partial charge in [0.05, 0.1) is 42.7 Å². The topological polar surface area (TPSA) is 186 Å². The fourth-order valence-corrected chi connectivity index (χ4v) is 9.13. The Bertz CT molecular complexity index is 1720. The predicted octanol–water partition coefficient (Wildman–Crippen LogP) is 6.91. The van der Waals surface area contributed by atoms with Crippen molar-refractivity contribution in [3.8, 4) is 0 Å². The summed E-state index contributed by atoms with van der Waals surface area (Å²) in [6, 6.07) is 0. The molecule has 2 heterocycles. The monoisotopic (exact) mass is 960 g/mol. The van der Waals surface area contributed by atoms with Crippen LogP contribution in [-0.4, -0.2) is 150 Å². The number of hydrogen-bond acceptors (Lipinski definition) is 14. The van der Waals surface area contributed by atoms with E-state index in [0.29, 0.717) is 44.1 Å². The molecule has 2 N–H and O–H groups in total. The normalized spacial score (nSPS) is 32.1. The van der Waals surface area contributed by atoms with Crippen molar-refractivity contribution < 1.29 is 67.3 Å². The number of Topliss-reactive ketones (excluding diaryl/α,β-unsaturated/α-hetero) is 1. The number of allylic oxidation sites excluding steroid dienone is 2. The number of hydrogen-bond donors (Lipinski definition) is 2. The maximum Gasteiger partial charge on any atom is 0.331 e. The van der Waals surface area contributed by atoms with Gasteiger partial charge in [-0.25, -0.2) is 9.59 Å². The van der Waals surface area contributed by atoms with Crippen LogP contribution in [0.15, 0.2) is 72.0 Å². The van der Waals surface area contributed by atoms with Gasteiger partial charge in [0.2, 0.25) is 6.41 Å². The number of ether oxygens (including phenoxy) is 8. The number of carbonyl (C=O) groups is 4. The Morgan fingerprint density at radius 1 is 0.853 bits per heavy atom. The lowest BCUT2D eigenvalue weighted by molar-refractivity contribution is -0.160. The van der Waals surface area contributed by atoms with Gasteiger partial charge in [-0.15, -0.1) is 0 Å². The first kappa shape index (κ1) is 60.3. The largest absolute Gasteiger partial charge is 0.458 e. The summed E-state index contributed by atoms with van der Waals surface area (Å²) in [7, 11) is 11.1. The molecule has 0 aliphatic carbocycles. The van der Waals surface area contributed by atoms with Crippen LogP contribution in [0.4, 0.5) is 0 Å². The van der Waals surface area contributed by atoms with Crippen LogP contribution in [0.2, 0.25) is 0 Å². The minimum absolute atomic E-state index is 0.0505. The first-order chi connectivity index (χ1) is 32.3. The summed E-state index contributed by atoms with van der Waals surface area (Å²) in [6.45, 7) is 13.5. The van der Waals surface area contributed by atoms with Crippen molar-refractivity contribution in [3.63, 3.8) is 0 Å². The molecule has 0 saturated carbocycles. The van der Waals surface area contributed by atoms with Gasteiger partial charge in [0, 0.05) is 117 Å². The smallest absolute Gasteiger partial charge is 0.331 e. The third-order valence-electron chi connectivity index (χ3n) is 13.8. The van der Waals surface area contributed by atoms with Gasteiger partial charge < -0.3 is 53.0 Å². The minimum Gasteiger partial charge on any atom is -0.458 e. The number of aliphatic hydroxyl groups excluding tert-OH is 2. The van der Waals surface area contributed by atoms with Crippen LogP contribution in [0, 0.1) is 35.5 Å². The number of ketones is 1. The molecule has 0 saturated heterocycles. The lowest BCUT2D eigenvalue weighted by atomic mass is 9.81. The molecule has 2 aliphatic rings. The zero-order valence-electron chi connectivity index (χ0n) is 43.3. The van der Waals surface area contributed by atoms with E-state index in [1.807, 2.05) is 78.8 Å². The predicted molar refractivity (Wildman–Crippen MR) is 261 cm³/mol.